The summed E-state index contributed by atoms with van der Waals surface area (Å²) in [6, 6.07) is -1.21. The molecule has 0 spiro atoms. The number of aliphatic carboxylic acids is 1. The highest BCUT2D eigenvalue weighted by Gasteiger charge is 2.25. The van der Waals surface area contributed by atoms with Gasteiger partial charge in [-0.1, -0.05) is 0 Å². The Labute approximate surface area is 91.8 Å². The maximum atomic E-state index is 11.4. The van der Waals surface area contributed by atoms with Crippen LogP contribution in [0.1, 0.15) is 6.92 Å². The summed E-state index contributed by atoms with van der Waals surface area (Å²) in [5.74, 6) is -2.61. The number of aliphatic hydroxyl groups is 1. The minimum Gasteiger partial charge on any atom is -0.480 e. The van der Waals surface area contributed by atoms with E-state index in [-0.39, 0.29) is 6.54 Å². The van der Waals surface area contributed by atoms with E-state index in [2.05, 4.69) is 5.32 Å². The second-order valence-electron chi connectivity index (χ2n) is 3.10. The van der Waals surface area contributed by atoms with E-state index in [0.717, 1.165) is 0 Å². The SMILES string of the molecule is CC(O)C(NC(=O)CN)C(=O)NCC(=O)O. The Kier molecular flexibility index (Phi) is 6.04. The van der Waals surface area contributed by atoms with Crippen molar-refractivity contribution >= 4 is 17.8 Å². The van der Waals surface area contributed by atoms with E-state index in [1.165, 1.54) is 6.92 Å². The Bertz CT molecular complexity index is 279. The Hall–Kier alpha value is -1.67. The first kappa shape index (κ1) is 14.3. The number of rotatable bonds is 6. The number of hydrogen-bond acceptors (Lipinski definition) is 5. The lowest BCUT2D eigenvalue weighted by molar-refractivity contribution is -0.139. The van der Waals surface area contributed by atoms with Crippen molar-refractivity contribution < 1.29 is 24.6 Å². The highest BCUT2D eigenvalue weighted by Crippen LogP contribution is 1.92. The average Bonchev–Trinajstić information content (AvgIpc) is 2.21. The van der Waals surface area contributed by atoms with Gasteiger partial charge in [-0.3, -0.25) is 14.4 Å². The first-order valence-electron chi connectivity index (χ1n) is 4.55. The molecule has 0 heterocycles. The lowest BCUT2D eigenvalue weighted by Crippen LogP contribution is -2.54. The van der Waals surface area contributed by atoms with Gasteiger partial charge in [-0.2, -0.15) is 0 Å². The normalized spacial score (nSPS) is 13.7. The van der Waals surface area contributed by atoms with Crippen molar-refractivity contribution in [2.75, 3.05) is 13.1 Å². The zero-order valence-electron chi connectivity index (χ0n) is 8.77. The highest BCUT2D eigenvalue weighted by atomic mass is 16.4. The fraction of sp³-hybridized carbons (Fsp3) is 0.625. The van der Waals surface area contributed by atoms with Crippen molar-refractivity contribution in [3.8, 4) is 0 Å². The molecule has 0 fully saturated rings. The van der Waals surface area contributed by atoms with Crippen molar-refractivity contribution in [2.45, 2.75) is 19.1 Å². The van der Waals surface area contributed by atoms with Gasteiger partial charge < -0.3 is 26.6 Å². The summed E-state index contributed by atoms with van der Waals surface area (Å²) in [5.41, 5.74) is 5.02. The Morgan fingerprint density at radius 2 is 1.94 bits per heavy atom. The quantitative estimate of drug-likeness (QED) is 0.331. The molecule has 0 aliphatic heterocycles. The standard InChI is InChI=1S/C8H15N3O5/c1-4(12)7(11-5(13)2-9)8(16)10-3-6(14)15/h4,7,12H,2-3,9H2,1H3,(H,10,16)(H,11,13)(H,14,15). The van der Waals surface area contributed by atoms with E-state index in [1.807, 2.05) is 5.32 Å². The number of nitrogens with two attached hydrogens (primary N) is 1. The van der Waals surface area contributed by atoms with Crippen LogP contribution in [0.15, 0.2) is 0 Å². The number of aliphatic hydroxyl groups excluding tert-OH is 1. The average molecular weight is 233 g/mol. The van der Waals surface area contributed by atoms with Crippen molar-refractivity contribution in [3.05, 3.63) is 0 Å². The summed E-state index contributed by atoms with van der Waals surface area (Å²) in [5, 5.41) is 21.8. The zero-order chi connectivity index (χ0) is 12.7. The summed E-state index contributed by atoms with van der Waals surface area (Å²) < 4.78 is 0. The molecule has 0 aromatic heterocycles. The van der Waals surface area contributed by atoms with Gasteiger partial charge in [0.05, 0.1) is 12.6 Å². The van der Waals surface area contributed by atoms with Crippen LogP contribution in [-0.4, -0.2) is 53.2 Å². The molecule has 6 N–H and O–H groups in total. The molecule has 0 rings (SSSR count). The number of carbonyl (C=O) groups is 3. The molecule has 2 atom stereocenters. The topological polar surface area (TPSA) is 142 Å². The van der Waals surface area contributed by atoms with Crippen LogP contribution in [0.3, 0.4) is 0 Å². The van der Waals surface area contributed by atoms with Gasteiger partial charge in [-0.05, 0) is 6.92 Å². The van der Waals surface area contributed by atoms with Crippen LogP contribution >= 0.6 is 0 Å². The third kappa shape index (κ3) is 5.27. The van der Waals surface area contributed by atoms with Gasteiger partial charge in [0.25, 0.3) is 0 Å². The molecular formula is C8H15N3O5. The predicted octanol–water partition coefficient (Wildman–Crippen LogP) is -2.99. The second-order valence-corrected chi connectivity index (χ2v) is 3.10. The minimum atomic E-state index is -1.22. The fourth-order valence-electron chi connectivity index (χ4n) is 0.910. The van der Waals surface area contributed by atoms with Gasteiger partial charge >= 0.3 is 5.97 Å². The van der Waals surface area contributed by atoms with Crippen molar-refractivity contribution in [1.82, 2.24) is 10.6 Å². The van der Waals surface area contributed by atoms with Gasteiger partial charge in [-0.25, -0.2) is 0 Å². The van der Waals surface area contributed by atoms with Crippen LogP contribution in [0, 0.1) is 0 Å². The van der Waals surface area contributed by atoms with Crippen LogP contribution in [0.2, 0.25) is 0 Å². The Balaban J connectivity index is 4.35. The number of nitrogens with one attached hydrogen (secondary N) is 2. The molecule has 8 nitrogen and oxygen atoms in total. The summed E-state index contributed by atoms with van der Waals surface area (Å²) in [4.78, 5) is 32.5. The molecule has 0 bridgehead atoms. The Morgan fingerprint density at radius 3 is 2.31 bits per heavy atom. The lowest BCUT2D eigenvalue weighted by Gasteiger charge is -2.19. The number of carboxylic acid groups (broad SMARTS) is 1. The summed E-state index contributed by atoms with van der Waals surface area (Å²) in [6.07, 6.45) is -1.15. The first-order chi connectivity index (χ1) is 7.38. The maximum absolute atomic E-state index is 11.4. The van der Waals surface area contributed by atoms with Crippen LogP contribution in [0.5, 0.6) is 0 Å². The molecule has 0 aromatic carbocycles. The number of amides is 2. The smallest absolute Gasteiger partial charge is 0.322 e. The number of carboxylic acids is 1. The minimum absolute atomic E-state index is 0.324. The molecule has 0 aliphatic carbocycles. The highest BCUT2D eigenvalue weighted by molar-refractivity contribution is 5.90. The maximum Gasteiger partial charge on any atom is 0.322 e. The molecule has 8 heteroatoms. The van der Waals surface area contributed by atoms with E-state index < -0.39 is 36.5 Å². The Morgan fingerprint density at radius 1 is 1.38 bits per heavy atom. The van der Waals surface area contributed by atoms with E-state index in [4.69, 9.17) is 10.8 Å². The van der Waals surface area contributed by atoms with E-state index in [0.29, 0.717) is 0 Å². The summed E-state index contributed by atoms with van der Waals surface area (Å²) >= 11 is 0. The summed E-state index contributed by atoms with van der Waals surface area (Å²) in [7, 11) is 0. The van der Waals surface area contributed by atoms with E-state index >= 15 is 0 Å². The van der Waals surface area contributed by atoms with Gasteiger partial charge in [0.15, 0.2) is 0 Å². The molecule has 0 aliphatic rings. The van der Waals surface area contributed by atoms with Crippen LogP contribution in [-0.2, 0) is 14.4 Å². The monoisotopic (exact) mass is 233 g/mol. The lowest BCUT2D eigenvalue weighted by atomic mass is 10.1. The molecule has 16 heavy (non-hydrogen) atoms. The molecule has 0 saturated heterocycles. The van der Waals surface area contributed by atoms with E-state index in [1.54, 1.807) is 0 Å². The van der Waals surface area contributed by atoms with Gasteiger partial charge in [-0.15, -0.1) is 0 Å². The van der Waals surface area contributed by atoms with Crippen LogP contribution in [0.4, 0.5) is 0 Å². The molecule has 0 radical (unpaired) electrons. The second kappa shape index (κ2) is 6.75. The van der Waals surface area contributed by atoms with Gasteiger partial charge in [0, 0.05) is 0 Å². The molecule has 2 amide bonds. The number of carbonyl (C=O) groups excluding carboxylic acids is 2. The van der Waals surface area contributed by atoms with Crippen LogP contribution < -0.4 is 16.4 Å². The van der Waals surface area contributed by atoms with Crippen LogP contribution in [0.25, 0.3) is 0 Å². The predicted molar refractivity (Wildman–Crippen MR) is 53.3 cm³/mol. The molecule has 92 valence electrons. The van der Waals surface area contributed by atoms with Gasteiger partial charge in [0.1, 0.15) is 12.6 Å². The first-order valence-corrected chi connectivity index (χ1v) is 4.55. The third-order valence-electron chi connectivity index (χ3n) is 1.68. The zero-order valence-corrected chi connectivity index (χ0v) is 8.77. The van der Waals surface area contributed by atoms with Crippen molar-refractivity contribution in [2.24, 2.45) is 5.73 Å². The van der Waals surface area contributed by atoms with Crippen molar-refractivity contribution in [3.63, 3.8) is 0 Å². The largest absolute Gasteiger partial charge is 0.480 e. The summed E-state index contributed by atoms with van der Waals surface area (Å²) in [6.45, 7) is 0.387. The molecule has 0 aromatic rings. The fourth-order valence-corrected chi connectivity index (χ4v) is 0.910. The number of hydrogen-bond donors (Lipinski definition) is 5. The molecular weight excluding hydrogens is 218 g/mol. The van der Waals surface area contributed by atoms with Gasteiger partial charge in [0.2, 0.25) is 11.8 Å². The third-order valence-corrected chi connectivity index (χ3v) is 1.68. The molecule has 2 unspecified atom stereocenters. The van der Waals surface area contributed by atoms with Crippen molar-refractivity contribution in [1.29, 1.82) is 0 Å². The molecule has 0 saturated carbocycles. The van der Waals surface area contributed by atoms with E-state index in [9.17, 15) is 19.5 Å².